The Morgan fingerprint density at radius 3 is 2.56 bits per heavy atom. The Labute approximate surface area is 103 Å². The summed E-state index contributed by atoms with van der Waals surface area (Å²) in [5, 5.41) is 15.9. The quantitative estimate of drug-likeness (QED) is 0.633. The molecule has 1 aromatic carbocycles. The van der Waals surface area contributed by atoms with E-state index in [1.807, 2.05) is 0 Å². The van der Waals surface area contributed by atoms with Crippen LogP contribution in [0.15, 0.2) is 18.2 Å². The van der Waals surface area contributed by atoms with Gasteiger partial charge in [-0.05, 0) is 33.0 Å². The molecule has 0 bridgehead atoms. The molecule has 0 atom stereocenters. The number of nitro groups is 1. The molecule has 0 aliphatic rings. The van der Waals surface area contributed by atoms with Crippen LogP contribution in [-0.2, 0) is 4.79 Å². The zero-order valence-electron chi connectivity index (χ0n) is 10.3. The molecule has 0 aliphatic carbocycles. The maximum absolute atomic E-state index is 12.9. The SMILES string of the molecule is CNC(C)(C)C(=O)Nc1ccc(F)cc1[N+](=O)[O-]. The summed E-state index contributed by atoms with van der Waals surface area (Å²) >= 11 is 0. The van der Waals surface area contributed by atoms with Gasteiger partial charge in [-0.3, -0.25) is 14.9 Å². The number of halogens is 1. The maximum Gasteiger partial charge on any atom is 0.295 e. The molecule has 0 aliphatic heterocycles. The minimum Gasteiger partial charge on any atom is -0.319 e. The molecule has 7 heteroatoms. The van der Waals surface area contributed by atoms with Crippen LogP contribution in [0.5, 0.6) is 0 Å². The Bertz CT molecular complexity index is 488. The lowest BCUT2D eigenvalue weighted by molar-refractivity contribution is -0.384. The second kappa shape index (κ2) is 5.09. The molecule has 0 radical (unpaired) electrons. The Kier molecular flexibility index (Phi) is 3.97. The lowest BCUT2D eigenvalue weighted by atomic mass is 10.0. The van der Waals surface area contributed by atoms with Gasteiger partial charge in [0.15, 0.2) is 0 Å². The van der Waals surface area contributed by atoms with Gasteiger partial charge in [-0.15, -0.1) is 0 Å². The van der Waals surface area contributed by atoms with Crippen molar-refractivity contribution in [2.24, 2.45) is 0 Å². The monoisotopic (exact) mass is 255 g/mol. The van der Waals surface area contributed by atoms with Crippen LogP contribution >= 0.6 is 0 Å². The van der Waals surface area contributed by atoms with E-state index in [0.717, 1.165) is 18.2 Å². The van der Waals surface area contributed by atoms with Crippen molar-refractivity contribution in [1.82, 2.24) is 5.32 Å². The summed E-state index contributed by atoms with van der Waals surface area (Å²) in [6.45, 7) is 3.25. The molecule has 1 aromatic rings. The third-order valence-electron chi connectivity index (χ3n) is 2.60. The van der Waals surface area contributed by atoms with E-state index in [0.29, 0.717) is 0 Å². The van der Waals surface area contributed by atoms with Crippen molar-refractivity contribution in [3.05, 3.63) is 34.1 Å². The number of carbonyl (C=O) groups is 1. The molecule has 0 heterocycles. The van der Waals surface area contributed by atoms with Gasteiger partial charge in [0.2, 0.25) is 5.91 Å². The molecule has 0 saturated carbocycles. The van der Waals surface area contributed by atoms with Crippen LogP contribution in [0, 0.1) is 15.9 Å². The molecule has 0 fully saturated rings. The van der Waals surface area contributed by atoms with Crippen molar-refractivity contribution in [2.75, 3.05) is 12.4 Å². The standard InChI is InChI=1S/C11H14FN3O3/c1-11(2,13-3)10(16)14-8-5-4-7(12)6-9(8)15(17)18/h4-6,13H,1-3H3,(H,14,16). The minimum absolute atomic E-state index is 0.0327. The molecule has 6 nitrogen and oxygen atoms in total. The molecule has 0 aromatic heterocycles. The van der Waals surface area contributed by atoms with E-state index in [1.165, 1.54) is 0 Å². The minimum atomic E-state index is -0.887. The van der Waals surface area contributed by atoms with Crippen molar-refractivity contribution in [3.8, 4) is 0 Å². The van der Waals surface area contributed by atoms with Crippen LogP contribution in [0.25, 0.3) is 0 Å². The lowest BCUT2D eigenvalue weighted by Crippen LogP contribution is -2.47. The van der Waals surface area contributed by atoms with Gasteiger partial charge in [0.1, 0.15) is 11.5 Å². The number of benzene rings is 1. The molecule has 2 N–H and O–H groups in total. The van der Waals surface area contributed by atoms with Crippen LogP contribution < -0.4 is 10.6 Å². The topological polar surface area (TPSA) is 84.3 Å². The molecule has 1 amide bonds. The van der Waals surface area contributed by atoms with E-state index in [-0.39, 0.29) is 5.69 Å². The van der Waals surface area contributed by atoms with Gasteiger partial charge < -0.3 is 10.6 Å². The Morgan fingerprint density at radius 2 is 2.06 bits per heavy atom. The summed E-state index contributed by atoms with van der Waals surface area (Å²) in [6, 6.07) is 2.98. The van der Waals surface area contributed by atoms with Crippen LogP contribution in [0.2, 0.25) is 0 Å². The van der Waals surface area contributed by atoms with Gasteiger partial charge in [0.25, 0.3) is 5.69 Å². The predicted molar refractivity (Wildman–Crippen MR) is 64.8 cm³/mol. The molecule has 1 rings (SSSR count). The van der Waals surface area contributed by atoms with Gasteiger partial charge in [-0.25, -0.2) is 4.39 Å². The zero-order valence-corrected chi connectivity index (χ0v) is 10.3. The zero-order chi connectivity index (χ0) is 13.9. The Balaban J connectivity index is 3.05. The van der Waals surface area contributed by atoms with Crippen molar-refractivity contribution >= 4 is 17.3 Å². The second-order valence-electron chi connectivity index (χ2n) is 4.25. The van der Waals surface area contributed by atoms with Crippen molar-refractivity contribution in [3.63, 3.8) is 0 Å². The molecule has 0 unspecified atom stereocenters. The van der Waals surface area contributed by atoms with Gasteiger partial charge in [0.05, 0.1) is 16.5 Å². The van der Waals surface area contributed by atoms with Crippen LogP contribution in [0.1, 0.15) is 13.8 Å². The summed E-state index contributed by atoms with van der Waals surface area (Å²) in [5.74, 6) is -1.17. The normalized spacial score (nSPS) is 11.1. The van der Waals surface area contributed by atoms with Crippen molar-refractivity contribution in [1.29, 1.82) is 0 Å². The predicted octanol–water partition coefficient (Wildman–Crippen LogP) is 1.67. The van der Waals surface area contributed by atoms with Crippen LogP contribution in [0.4, 0.5) is 15.8 Å². The fourth-order valence-electron chi connectivity index (χ4n) is 1.15. The third kappa shape index (κ3) is 3.01. The van der Waals surface area contributed by atoms with Gasteiger partial charge in [0, 0.05) is 0 Å². The number of nitrogens with zero attached hydrogens (tertiary/aromatic N) is 1. The number of amides is 1. The summed E-state index contributed by atoms with van der Waals surface area (Å²) in [4.78, 5) is 21.8. The molecule has 0 spiro atoms. The Morgan fingerprint density at radius 1 is 1.44 bits per heavy atom. The number of anilines is 1. The molecular weight excluding hydrogens is 241 g/mol. The smallest absolute Gasteiger partial charge is 0.295 e. The number of carbonyl (C=O) groups excluding carboxylic acids is 1. The first-order valence-corrected chi connectivity index (χ1v) is 5.22. The molecule has 0 saturated heterocycles. The van der Waals surface area contributed by atoms with E-state index in [9.17, 15) is 19.3 Å². The maximum atomic E-state index is 12.9. The number of nitro benzene ring substituents is 1. The van der Waals surface area contributed by atoms with E-state index >= 15 is 0 Å². The van der Waals surface area contributed by atoms with E-state index < -0.39 is 27.9 Å². The van der Waals surface area contributed by atoms with E-state index in [2.05, 4.69) is 10.6 Å². The van der Waals surface area contributed by atoms with Crippen molar-refractivity contribution < 1.29 is 14.1 Å². The van der Waals surface area contributed by atoms with E-state index in [1.54, 1.807) is 20.9 Å². The highest BCUT2D eigenvalue weighted by Gasteiger charge is 2.27. The van der Waals surface area contributed by atoms with Crippen LogP contribution in [-0.4, -0.2) is 23.4 Å². The van der Waals surface area contributed by atoms with Gasteiger partial charge in [-0.2, -0.15) is 0 Å². The fourth-order valence-corrected chi connectivity index (χ4v) is 1.15. The van der Waals surface area contributed by atoms with Gasteiger partial charge in [-0.1, -0.05) is 0 Å². The number of hydrogen-bond acceptors (Lipinski definition) is 4. The highest BCUT2D eigenvalue weighted by Crippen LogP contribution is 2.25. The van der Waals surface area contributed by atoms with Crippen molar-refractivity contribution in [2.45, 2.75) is 19.4 Å². The average molecular weight is 255 g/mol. The number of likely N-dealkylation sites (N-methyl/N-ethyl adjacent to an activating group) is 1. The largest absolute Gasteiger partial charge is 0.319 e. The first-order valence-electron chi connectivity index (χ1n) is 5.22. The number of hydrogen-bond donors (Lipinski definition) is 2. The molecule has 18 heavy (non-hydrogen) atoms. The Hall–Kier alpha value is -2.02. The summed E-state index contributed by atoms with van der Waals surface area (Å²) in [6.07, 6.45) is 0. The van der Waals surface area contributed by atoms with Crippen LogP contribution in [0.3, 0.4) is 0 Å². The molecular formula is C11H14FN3O3. The van der Waals surface area contributed by atoms with E-state index in [4.69, 9.17) is 0 Å². The first kappa shape index (κ1) is 14.0. The van der Waals surface area contributed by atoms with Gasteiger partial charge >= 0.3 is 0 Å². The average Bonchev–Trinajstić information content (AvgIpc) is 2.31. The number of rotatable bonds is 4. The fraction of sp³-hybridized carbons (Fsp3) is 0.364. The third-order valence-corrected chi connectivity index (χ3v) is 2.60. The highest BCUT2D eigenvalue weighted by atomic mass is 19.1. The summed E-state index contributed by atoms with van der Waals surface area (Å²) in [5.41, 5.74) is -1.40. The number of nitrogens with one attached hydrogen (secondary N) is 2. The summed E-state index contributed by atoms with van der Waals surface area (Å²) < 4.78 is 12.9. The highest BCUT2D eigenvalue weighted by molar-refractivity contribution is 5.99. The second-order valence-corrected chi connectivity index (χ2v) is 4.25. The first-order chi connectivity index (χ1) is 8.27. The summed E-state index contributed by atoms with van der Waals surface area (Å²) in [7, 11) is 1.60. The lowest BCUT2D eigenvalue weighted by Gasteiger charge is -2.22. The molecule has 98 valence electrons.